The quantitative estimate of drug-likeness (QED) is 0.399. The summed E-state index contributed by atoms with van der Waals surface area (Å²) in [6.07, 6.45) is 1.45. The van der Waals surface area contributed by atoms with E-state index in [0.29, 0.717) is 0 Å². The molecule has 13 heavy (non-hydrogen) atoms. The highest BCUT2D eigenvalue weighted by molar-refractivity contribution is 5.92. The Morgan fingerprint density at radius 1 is 1.00 bits per heavy atom. The van der Waals surface area contributed by atoms with Gasteiger partial charge in [0.25, 0.3) is 0 Å². The van der Waals surface area contributed by atoms with Crippen LogP contribution >= 0.6 is 0 Å². The topological polar surface area (TPSA) is 32.6 Å². The fraction of sp³-hybridized carbons (Fsp3) is 0. The van der Waals surface area contributed by atoms with Gasteiger partial charge in [-0.3, -0.25) is 0 Å². The second-order valence-corrected chi connectivity index (χ2v) is 2.81. The zero-order valence-electron chi connectivity index (χ0n) is 7.01. The first-order valence-electron chi connectivity index (χ1n) is 4.07. The molecule has 64 valence electrons. The molecule has 0 aromatic rings. The Hall–Kier alpha value is -1.83. The Balaban J connectivity index is 2.61. The lowest BCUT2D eigenvalue weighted by Crippen LogP contribution is -1.77. The van der Waals surface area contributed by atoms with Crippen LogP contribution in [0.15, 0.2) is 47.6 Å². The zero-order valence-corrected chi connectivity index (χ0v) is 7.01. The molecule has 0 aromatic heterocycles. The molecule has 0 heterocycles. The standard InChI is InChI=1S/C11H9NO/c13-12-8-10-7-6-9-4-2-1-3-5-11(9)10/h1-8,13H/b12-8+. The molecule has 0 radical (unpaired) electrons. The van der Waals surface area contributed by atoms with Crippen molar-refractivity contribution in [3.63, 3.8) is 0 Å². The molecule has 2 heteroatoms. The minimum Gasteiger partial charge on any atom is -0.411 e. The van der Waals surface area contributed by atoms with Crippen LogP contribution < -0.4 is 0 Å². The van der Waals surface area contributed by atoms with E-state index in [1.807, 2.05) is 42.5 Å². The van der Waals surface area contributed by atoms with Crippen LogP contribution in [0, 0.1) is 0 Å². The van der Waals surface area contributed by atoms with Crippen LogP contribution in [0.3, 0.4) is 0 Å². The van der Waals surface area contributed by atoms with Gasteiger partial charge >= 0.3 is 0 Å². The number of hydrogen-bond donors (Lipinski definition) is 1. The lowest BCUT2D eigenvalue weighted by molar-refractivity contribution is 0.322. The average molecular weight is 171 g/mol. The summed E-state index contributed by atoms with van der Waals surface area (Å²) in [6, 6.07) is 13.9. The van der Waals surface area contributed by atoms with Gasteiger partial charge in [-0.25, -0.2) is 0 Å². The van der Waals surface area contributed by atoms with Crippen LogP contribution in [-0.4, -0.2) is 11.4 Å². The lowest BCUT2D eigenvalue weighted by Gasteiger charge is -1.92. The van der Waals surface area contributed by atoms with Crippen molar-refractivity contribution >= 4 is 6.21 Å². The molecule has 0 unspecified atom stereocenters. The smallest absolute Gasteiger partial charge is 0.0740 e. The fourth-order valence-corrected chi connectivity index (χ4v) is 1.41. The number of nitrogens with zero attached hydrogens (tertiary/aromatic N) is 1. The van der Waals surface area contributed by atoms with E-state index in [-0.39, 0.29) is 0 Å². The first-order valence-corrected chi connectivity index (χ1v) is 4.07. The molecule has 2 rings (SSSR count). The van der Waals surface area contributed by atoms with E-state index in [0.717, 1.165) is 16.7 Å². The van der Waals surface area contributed by atoms with E-state index in [2.05, 4.69) is 5.16 Å². The van der Waals surface area contributed by atoms with Crippen molar-refractivity contribution in [2.24, 2.45) is 5.16 Å². The number of fused-ring (bicyclic) bond motifs is 1. The largest absolute Gasteiger partial charge is 0.411 e. The first-order chi connectivity index (χ1) is 6.42. The SMILES string of the molecule is O/N=C/c1ccc2cccccc1-2. The number of oxime groups is 1. The molecule has 0 bridgehead atoms. The van der Waals surface area contributed by atoms with Gasteiger partial charge in [-0.2, -0.15) is 0 Å². The maximum atomic E-state index is 8.43. The van der Waals surface area contributed by atoms with Crippen molar-refractivity contribution in [2.75, 3.05) is 0 Å². The van der Waals surface area contributed by atoms with Gasteiger partial charge < -0.3 is 5.21 Å². The van der Waals surface area contributed by atoms with Crippen LogP contribution in [0.1, 0.15) is 5.56 Å². The van der Waals surface area contributed by atoms with Crippen molar-refractivity contribution in [3.8, 4) is 11.1 Å². The van der Waals surface area contributed by atoms with E-state index in [9.17, 15) is 0 Å². The molecule has 0 fully saturated rings. The molecule has 0 spiro atoms. The van der Waals surface area contributed by atoms with E-state index >= 15 is 0 Å². The molecular formula is C11H9NO. The highest BCUT2D eigenvalue weighted by Crippen LogP contribution is 2.25. The van der Waals surface area contributed by atoms with Gasteiger partial charge in [0, 0.05) is 5.56 Å². The Bertz CT molecular complexity index is 409. The third-order valence-corrected chi connectivity index (χ3v) is 2.02. The second kappa shape index (κ2) is 3.27. The molecule has 2 aliphatic carbocycles. The van der Waals surface area contributed by atoms with Crippen LogP contribution in [0.5, 0.6) is 0 Å². The van der Waals surface area contributed by atoms with Crippen molar-refractivity contribution < 1.29 is 5.21 Å². The van der Waals surface area contributed by atoms with Crippen LogP contribution in [0.4, 0.5) is 0 Å². The van der Waals surface area contributed by atoms with Gasteiger partial charge in [-0.15, -0.1) is 0 Å². The molecule has 0 aliphatic heterocycles. The molecule has 2 nitrogen and oxygen atoms in total. The maximum Gasteiger partial charge on any atom is 0.0740 e. The highest BCUT2D eigenvalue weighted by atomic mass is 16.4. The van der Waals surface area contributed by atoms with Gasteiger partial charge in [-0.1, -0.05) is 47.6 Å². The van der Waals surface area contributed by atoms with Gasteiger partial charge in [0.2, 0.25) is 0 Å². The number of rotatable bonds is 1. The third kappa shape index (κ3) is 1.38. The van der Waals surface area contributed by atoms with Gasteiger partial charge in [0.15, 0.2) is 0 Å². The normalized spacial score (nSPS) is 11.1. The van der Waals surface area contributed by atoms with Gasteiger partial charge in [0.1, 0.15) is 0 Å². The summed E-state index contributed by atoms with van der Waals surface area (Å²) in [5, 5.41) is 11.5. The summed E-state index contributed by atoms with van der Waals surface area (Å²) in [5.74, 6) is 0. The second-order valence-electron chi connectivity index (χ2n) is 2.81. The lowest BCUT2D eigenvalue weighted by atomic mass is 10.1. The van der Waals surface area contributed by atoms with E-state index < -0.39 is 0 Å². The predicted molar refractivity (Wildman–Crippen MR) is 52.4 cm³/mol. The summed E-state index contributed by atoms with van der Waals surface area (Å²) in [6.45, 7) is 0. The van der Waals surface area contributed by atoms with Crippen molar-refractivity contribution in [1.82, 2.24) is 0 Å². The van der Waals surface area contributed by atoms with Crippen molar-refractivity contribution in [3.05, 3.63) is 48.0 Å². The highest BCUT2D eigenvalue weighted by Gasteiger charge is 2.04. The molecule has 0 amide bonds. The molecule has 0 atom stereocenters. The minimum absolute atomic E-state index is 0.939. The predicted octanol–water partition coefficient (Wildman–Crippen LogP) is 2.60. The Labute approximate surface area is 76.5 Å². The monoisotopic (exact) mass is 171 g/mol. The molecule has 0 aromatic carbocycles. The molecule has 2 aliphatic rings. The third-order valence-electron chi connectivity index (χ3n) is 2.02. The molecule has 0 saturated carbocycles. The summed E-state index contributed by atoms with van der Waals surface area (Å²) in [7, 11) is 0. The van der Waals surface area contributed by atoms with Crippen molar-refractivity contribution in [1.29, 1.82) is 0 Å². The molecular weight excluding hydrogens is 162 g/mol. The van der Waals surface area contributed by atoms with Gasteiger partial charge in [-0.05, 0) is 11.1 Å². The average Bonchev–Trinajstić information content (AvgIpc) is 2.38. The Kier molecular flexibility index (Phi) is 1.96. The van der Waals surface area contributed by atoms with Crippen LogP contribution in [0.25, 0.3) is 11.1 Å². The Morgan fingerprint density at radius 2 is 1.85 bits per heavy atom. The molecule has 1 N–H and O–H groups in total. The van der Waals surface area contributed by atoms with Gasteiger partial charge in [0.05, 0.1) is 6.21 Å². The van der Waals surface area contributed by atoms with Crippen LogP contribution in [0.2, 0.25) is 0 Å². The summed E-state index contributed by atoms with van der Waals surface area (Å²) < 4.78 is 0. The minimum atomic E-state index is 0.939. The first kappa shape index (κ1) is 7.80. The van der Waals surface area contributed by atoms with Crippen LogP contribution in [-0.2, 0) is 0 Å². The summed E-state index contributed by atoms with van der Waals surface area (Å²) >= 11 is 0. The van der Waals surface area contributed by atoms with E-state index in [1.165, 1.54) is 6.21 Å². The summed E-state index contributed by atoms with van der Waals surface area (Å²) in [5.41, 5.74) is 3.19. The Morgan fingerprint density at radius 3 is 2.69 bits per heavy atom. The summed E-state index contributed by atoms with van der Waals surface area (Å²) in [4.78, 5) is 0. The number of hydrogen-bond acceptors (Lipinski definition) is 2. The van der Waals surface area contributed by atoms with Crippen molar-refractivity contribution in [2.45, 2.75) is 0 Å². The van der Waals surface area contributed by atoms with E-state index in [4.69, 9.17) is 5.21 Å². The fourth-order valence-electron chi connectivity index (χ4n) is 1.41. The zero-order chi connectivity index (χ0) is 9.10. The maximum absolute atomic E-state index is 8.43. The molecule has 0 saturated heterocycles. The van der Waals surface area contributed by atoms with E-state index in [1.54, 1.807) is 0 Å².